The van der Waals surface area contributed by atoms with Gasteiger partial charge in [-0.15, -0.1) is 0 Å². The maximum atomic E-state index is 12.4. The summed E-state index contributed by atoms with van der Waals surface area (Å²) in [5.74, 6) is -0.261. The van der Waals surface area contributed by atoms with Crippen LogP contribution in [0.25, 0.3) is 33.5 Å². The van der Waals surface area contributed by atoms with Crippen LogP contribution in [0.2, 0.25) is 0 Å². The summed E-state index contributed by atoms with van der Waals surface area (Å²) in [5, 5.41) is 0.863. The van der Waals surface area contributed by atoms with Crippen LogP contribution in [0, 0.1) is 0 Å². The van der Waals surface area contributed by atoms with Crippen LogP contribution in [0.3, 0.4) is 0 Å². The van der Waals surface area contributed by atoms with Gasteiger partial charge in [0, 0.05) is 12.4 Å². The van der Waals surface area contributed by atoms with Gasteiger partial charge in [0.25, 0.3) is 5.56 Å². The molecule has 0 saturated carbocycles. The number of hydrogen-bond donors (Lipinski definition) is 1. The highest BCUT2D eigenvalue weighted by Crippen LogP contribution is 2.28. The van der Waals surface area contributed by atoms with Crippen molar-refractivity contribution < 1.29 is 13.9 Å². The van der Waals surface area contributed by atoms with Crippen LogP contribution in [-0.4, -0.2) is 27.1 Å². The summed E-state index contributed by atoms with van der Waals surface area (Å²) in [6, 6.07) is 10.6. The van der Waals surface area contributed by atoms with Crippen molar-refractivity contribution in [1.29, 1.82) is 0 Å². The minimum atomic E-state index is -0.695. The van der Waals surface area contributed by atoms with Gasteiger partial charge in [0.05, 0.1) is 17.6 Å². The predicted octanol–water partition coefficient (Wildman–Crippen LogP) is 2.21. The number of carbonyl (C=O) groups excluding carboxylic acids is 1. The van der Waals surface area contributed by atoms with Gasteiger partial charge in [0.1, 0.15) is 11.3 Å². The molecule has 8 heteroatoms. The quantitative estimate of drug-likeness (QED) is 0.558. The summed E-state index contributed by atoms with van der Waals surface area (Å²) in [6.45, 7) is 1.81. The lowest BCUT2D eigenvalue weighted by Gasteiger charge is -2.09. The summed E-state index contributed by atoms with van der Waals surface area (Å²) in [7, 11) is 1.46. The maximum absolute atomic E-state index is 12.4. The molecule has 0 fully saturated rings. The molecule has 0 aliphatic heterocycles. The third kappa shape index (κ3) is 2.71. The van der Waals surface area contributed by atoms with Crippen LogP contribution < -0.4 is 11.2 Å². The number of H-pyrrole nitrogens is 1. The van der Waals surface area contributed by atoms with Crippen molar-refractivity contribution in [2.24, 2.45) is 7.05 Å². The van der Waals surface area contributed by atoms with Crippen molar-refractivity contribution in [1.82, 2.24) is 14.5 Å². The number of aryl methyl sites for hydroxylation is 1. The SMILES string of the molecule is CCOC(=O)c1cc(-c2cc3ccccc3o2)nc2c1c(=O)[nH]c(=O)n2C. The lowest BCUT2D eigenvalue weighted by Crippen LogP contribution is -2.30. The van der Waals surface area contributed by atoms with Gasteiger partial charge in [-0.1, -0.05) is 18.2 Å². The number of aromatic nitrogens is 3. The molecule has 3 aromatic heterocycles. The number of aromatic amines is 1. The van der Waals surface area contributed by atoms with Gasteiger partial charge in [-0.3, -0.25) is 14.3 Å². The van der Waals surface area contributed by atoms with E-state index in [2.05, 4.69) is 9.97 Å². The van der Waals surface area contributed by atoms with Crippen LogP contribution in [0.4, 0.5) is 0 Å². The van der Waals surface area contributed by atoms with Crippen LogP contribution in [0.15, 0.2) is 50.4 Å². The van der Waals surface area contributed by atoms with E-state index in [0.717, 1.165) is 5.39 Å². The van der Waals surface area contributed by atoms with Crippen LogP contribution in [-0.2, 0) is 11.8 Å². The first-order valence-electron chi connectivity index (χ1n) is 8.29. The van der Waals surface area contributed by atoms with Gasteiger partial charge in [-0.25, -0.2) is 14.6 Å². The molecule has 1 aromatic carbocycles. The molecule has 0 amide bonds. The Morgan fingerprint density at radius 2 is 2.04 bits per heavy atom. The molecule has 4 rings (SSSR count). The molecule has 0 unspecified atom stereocenters. The number of rotatable bonds is 3. The van der Waals surface area contributed by atoms with Gasteiger partial charge in [0.2, 0.25) is 0 Å². The van der Waals surface area contributed by atoms with Gasteiger partial charge in [-0.2, -0.15) is 0 Å². The number of para-hydroxylation sites is 1. The fraction of sp³-hybridized carbons (Fsp3) is 0.158. The number of fused-ring (bicyclic) bond motifs is 2. The fourth-order valence-electron chi connectivity index (χ4n) is 2.94. The van der Waals surface area contributed by atoms with Crippen molar-refractivity contribution in [2.75, 3.05) is 6.61 Å². The third-order valence-electron chi connectivity index (χ3n) is 4.24. The fourth-order valence-corrected chi connectivity index (χ4v) is 2.94. The van der Waals surface area contributed by atoms with E-state index in [0.29, 0.717) is 17.0 Å². The number of carbonyl (C=O) groups is 1. The number of nitrogens with zero attached hydrogens (tertiary/aromatic N) is 2. The van der Waals surface area contributed by atoms with Crippen LogP contribution in [0.5, 0.6) is 0 Å². The van der Waals surface area contributed by atoms with E-state index < -0.39 is 17.2 Å². The zero-order valence-corrected chi connectivity index (χ0v) is 14.6. The highest BCUT2D eigenvalue weighted by molar-refractivity contribution is 6.03. The molecule has 8 nitrogen and oxygen atoms in total. The Morgan fingerprint density at radius 3 is 2.78 bits per heavy atom. The normalized spacial score (nSPS) is 11.2. The summed E-state index contributed by atoms with van der Waals surface area (Å²) < 4.78 is 12.1. The average Bonchev–Trinajstić information content (AvgIpc) is 3.09. The first-order chi connectivity index (χ1) is 13.0. The molecule has 3 heterocycles. The average molecular weight is 365 g/mol. The second kappa shape index (κ2) is 6.24. The lowest BCUT2D eigenvalue weighted by molar-refractivity contribution is 0.0528. The molecule has 0 spiro atoms. The molecule has 1 N–H and O–H groups in total. The van der Waals surface area contributed by atoms with E-state index >= 15 is 0 Å². The Kier molecular flexibility index (Phi) is 3.88. The smallest absolute Gasteiger partial charge is 0.339 e. The number of benzene rings is 1. The summed E-state index contributed by atoms with van der Waals surface area (Å²) in [4.78, 5) is 43.3. The summed E-state index contributed by atoms with van der Waals surface area (Å²) >= 11 is 0. The van der Waals surface area contributed by atoms with E-state index in [4.69, 9.17) is 9.15 Å². The van der Waals surface area contributed by atoms with Crippen molar-refractivity contribution in [3.05, 3.63) is 62.8 Å². The van der Waals surface area contributed by atoms with E-state index in [1.165, 1.54) is 17.7 Å². The largest absolute Gasteiger partial charge is 0.462 e. The highest BCUT2D eigenvalue weighted by atomic mass is 16.5. The number of ether oxygens (including phenoxy) is 1. The summed E-state index contributed by atoms with van der Waals surface area (Å²) in [6.07, 6.45) is 0. The Labute approximate surface area is 152 Å². The first-order valence-corrected chi connectivity index (χ1v) is 8.29. The minimum Gasteiger partial charge on any atom is -0.462 e. The number of esters is 1. The van der Waals surface area contributed by atoms with Crippen LogP contribution in [0.1, 0.15) is 17.3 Å². The third-order valence-corrected chi connectivity index (χ3v) is 4.24. The molecule has 0 atom stereocenters. The van der Waals surface area contributed by atoms with E-state index in [-0.39, 0.29) is 23.2 Å². The van der Waals surface area contributed by atoms with Gasteiger partial charge in [-0.05, 0) is 25.1 Å². The van der Waals surface area contributed by atoms with E-state index in [1.807, 2.05) is 24.3 Å². The number of nitrogens with one attached hydrogen (secondary N) is 1. The van der Waals surface area contributed by atoms with Crippen molar-refractivity contribution in [2.45, 2.75) is 6.92 Å². The molecule has 0 saturated heterocycles. The molecule has 4 aromatic rings. The molecule has 136 valence electrons. The predicted molar refractivity (Wildman–Crippen MR) is 98.8 cm³/mol. The van der Waals surface area contributed by atoms with E-state index in [1.54, 1.807) is 13.0 Å². The topological polar surface area (TPSA) is 107 Å². The minimum absolute atomic E-state index is 0.00425. The van der Waals surface area contributed by atoms with Gasteiger partial charge in [0.15, 0.2) is 11.4 Å². The van der Waals surface area contributed by atoms with Gasteiger partial charge >= 0.3 is 11.7 Å². The lowest BCUT2D eigenvalue weighted by atomic mass is 10.1. The molecule has 0 aliphatic carbocycles. The zero-order chi connectivity index (χ0) is 19.1. The van der Waals surface area contributed by atoms with Crippen LogP contribution >= 0.6 is 0 Å². The molecular formula is C19H15N3O5. The van der Waals surface area contributed by atoms with Crippen molar-refractivity contribution >= 4 is 28.0 Å². The second-order valence-electron chi connectivity index (χ2n) is 5.94. The van der Waals surface area contributed by atoms with Crippen molar-refractivity contribution in [3.8, 4) is 11.5 Å². The maximum Gasteiger partial charge on any atom is 0.339 e. The first kappa shape index (κ1) is 16.8. The molecule has 27 heavy (non-hydrogen) atoms. The Bertz CT molecular complexity index is 1280. The monoisotopic (exact) mass is 365 g/mol. The zero-order valence-electron chi connectivity index (χ0n) is 14.6. The number of furan rings is 1. The standard InChI is InChI=1S/C19H15N3O5/c1-3-26-18(24)11-9-12(14-8-10-6-4-5-7-13(10)27-14)20-16-15(11)17(23)21-19(25)22(16)2/h4-9H,3H2,1-2H3,(H,21,23,25). The Balaban J connectivity index is 2.07. The molecular weight excluding hydrogens is 350 g/mol. The summed E-state index contributed by atoms with van der Waals surface area (Å²) in [5.41, 5.74) is -0.246. The number of pyridine rings is 1. The second-order valence-corrected chi connectivity index (χ2v) is 5.94. The molecule has 0 bridgehead atoms. The Morgan fingerprint density at radius 1 is 1.26 bits per heavy atom. The Hall–Kier alpha value is -3.68. The molecule has 0 radical (unpaired) electrons. The van der Waals surface area contributed by atoms with E-state index in [9.17, 15) is 14.4 Å². The van der Waals surface area contributed by atoms with Crippen molar-refractivity contribution in [3.63, 3.8) is 0 Å². The van der Waals surface area contributed by atoms with Gasteiger partial charge < -0.3 is 9.15 Å². The molecule has 0 aliphatic rings. The highest BCUT2D eigenvalue weighted by Gasteiger charge is 2.21. The number of hydrogen-bond acceptors (Lipinski definition) is 6.